The van der Waals surface area contributed by atoms with Crippen LogP contribution >= 0.6 is 0 Å². The molecule has 3 aliphatic rings. The van der Waals surface area contributed by atoms with Crippen molar-refractivity contribution in [1.29, 1.82) is 0 Å². The molecule has 0 spiro atoms. The zero-order valence-electron chi connectivity index (χ0n) is 13.2. The average molecular weight is 314 g/mol. The molecule has 6 heteroatoms. The number of allylic oxidation sites excluding steroid dienone is 2. The number of rotatable bonds is 2. The van der Waals surface area contributed by atoms with Crippen LogP contribution < -0.4 is 0 Å². The number of carbonyl (C=O) groups is 2. The minimum atomic E-state index is -0.499. The van der Waals surface area contributed by atoms with Crippen LogP contribution in [0.5, 0.6) is 0 Å². The Kier molecular flexibility index (Phi) is 2.89. The van der Waals surface area contributed by atoms with Crippen molar-refractivity contribution >= 4 is 11.9 Å². The smallest absolute Gasteiger partial charge is 0.358 e. The minimum Gasteiger partial charge on any atom is -0.464 e. The predicted molar refractivity (Wildman–Crippen MR) is 80.0 cm³/mol. The van der Waals surface area contributed by atoms with Gasteiger partial charge in [0.2, 0.25) is 0 Å². The van der Waals surface area contributed by atoms with Gasteiger partial charge in [0.1, 0.15) is 0 Å². The normalized spacial score (nSPS) is 29.8. The number of hydrogen-bond acceptors (Lipinski definition) is 6. The Bertz CT molecular complexity index is 696. The molecule has 3 aliphatic carbocycles. The Balaban J connectivity index is 1.87. The number of carbonyl (C=O) groups excluding carboxylic acids is 2. The molecule has 4 rings (SSSR count). The van der Waals surface area contributed by atoms with Gasteiger partial charge < -0.3 is 9.47 Å². The molecule has 6 nitrogen and oxygen atoms in total. The van der Waals surface area contributed by atoms with Crippen molar-refractivity contribution < 1.29 is 19.1 Å². The molecule has 0 bridgehead atoms. The maximum atomic E-state index is 12.1. The maximum absolute atomic E-state index is 12.1. The van der Waals surface area contributed by atoms with Gasteiger partial charge >= 0.3 is 11.9 Å². The second kappa shape index (κ2) is 4.63. The van der Waals surface area contributed by atoms with Crippen LogP contribution in [-0.4, -0.2) is 36.4 Å². The van der Waals surface area contributed by atoms with E-state index in [0.717, 1.165) is 43.2 Å². The Labute approximate surface area is 133 Å². The van der Waals surface area contributed by atoms with E-state index >= 15 is 0 Å². The van der Waals surface area contributed by atoms with E-state index in [9.17, 15) is 9.59 Å². The highest BCUT2D eigenvalue weighted by Gasteiger charge is 2.68. The molecule has 23 heavy (non-hydrogen) atoms. The van der Waals surface area contributed by atoms with Gasteiger partial charge in [0.15, 0.2) is 11.4 Å². The topological polar surface area (TPSA) is 78.4 Å². The molecule has 0 radical (unpaired) electrons. The Morgan fingerprint density at radius 3 is 1.74 bits per heavy atom. The monoisotopic (exact) mass is 314 g/mol. The fourth-order valence-electron chi connectivity index (χ4n) is 4.53. The molecule has 1 fully saturated rings. The highest BCUT2D eigenvalue weighted by atomic mass is 16.5. The molecular weight excluding hydrogens is 296 g/mol. The largest absolute Gasteiger partial charge is 0.464 e. The van der Waals surface area contributed by atoms with Crippen LogP contribution in [0.15, 0.2) is 12.2 Å². The fourth-order valence-corrected chi connectivity index (χ4v) is 4.53. The van der Waals surface area contributed by atoms with E-state index in [2.05, 4.69) is 22.3 Å². The van der Waals surface area contributed by atoms with Gasteiger partial charge in [0.25, 0.3) is 0 Å². The Morgan fingerprint density at radius 2 is 1.35 bits per heavy atom. The summed E-state index contributed by atoms with van der Waals surface area (Å²) in [5, 5.41) is 7.95. The quantitative estimate of drug-likeness (QED) is 0.612. The number of aromatic nitrogens is 2. The van der Waals surface area contributed by atoms with Crippen molar-refractivity contribution in [3.05, 3.63) is 34.7 Å². The van der Waals surface area contributed by atoms with Crippen LogP contribution in [0.1, 0.15) is 51.4 Å². The van der Waals surface area contributed by atoms with Crippen LogP contribution in [0.2, 0.25) is 0 Å². The number of hydrogen-bond donors (Lipinski definition) is 0. The van der Waals surface area contributed by atoms with Crippen molar-refractivity contribution in [1.82, 2.24) is 10.2 Å². The number of nitrogens with zero attached hydrogens (tertiary/aromatic N) is 2. The maximum Gasteiger partial charge on any atom is 0.358 e. The fraction of sp³-hybridized carbons (Fsp3) is 0.529. The van der Waals surface area contributed by atoms with Crippen LogP contribution in [0.3, 0.4) is 0 Å². The summed E-state index contributed by atoms with van der Waals surface area (Å²) >= 11 is 0. The van der Waals surface area contributed by atoms with E-state index in [1.54, 1.807) is 0 Å². The van der Waals surface area contributed by atoms with Crippen LogP contribution in [0.25, 0.3) is 0 Å². The standard InChI is InChI=1S/C17H18N2O4/c1-22-14(20)12-10-7-16-5-3-4-6-17(16,9-16)8-11(10)13(19-18-12)15(21)23-2/h3-4H,5-9H2,1-2H3. The SMILES string of the molecule is COC(=O)c1nnc(C(=O)OC)c2c1CC13CC=CCC1(C2)C3. The lowest BCUT2D eigenvalue weighted by molar-refractivity contribution is 0.0568. The van der Waals surface area contributed by atoms with Crippen molar-refractivity contribution in [3.8, 4) is 0 Å². The zero-order chi connectivity index (χ0) is 16.2. The zero-order valence-corrected chi connectivity index (χ0v) is 13.2. The summed E-state index contributed by atoms with van der Waals surface area (Å²) in [7, 11) is 2.66. The van der Waals surface area contributed by atoms with Gasteiger partial charge in [0.05, 0.1) is 14.2 Å². The van der Waals surface area contributed by atoms with E-state index in [1.807, 2.05) is 0 Å². The molecule has 120 valence electrons. The second-order valence-corrected chi connectivity index (χ2v) is 6.81. The van der Waals surface area contributed by atoms with Gasteiger partial charge in [0, 0.05) is 0 Å². The third-order valence-electron chi connectivity index (χ3n) is 5.83. The molecule has 1 aromatic rings. The average Bonchev–Trinajstić information content (AvgIpc) is 3.25. The molecule has 0 N–H and O–H groups in total. The van der Waals surface area contributed by atoms with E-state index in [0.29, 0.717) is 0 Å². The van der Waals surface area contributed by atoms with Gasteiger partial charge in [-0.3, -0.25) is 0 Å². The third kappa shape index (κ3) is 1.81. The number of ether oxygens (including phenoxy) is 2. The molecule has 0 aliphatic heterocycles. The summed E-state index contributed by atoms with van der Waals surface area (Å²) in [4.78, 5) is 24.1. The molecular formula is C17H18N2O4. The third-order valence-corrected chi connectivity index (χ3v) is 5.83. The van der Waals surface area contributed by atoms with Crippen molar-refractivity contribution in [3.63, 3.8) is 0 Å². The molecule has 2 atom stereocenters. The number of fused-ring (bicyclic) bond motifs is 1. The van der Waals surface area contributed by atoms with E-state index in [1.165, 1.54) is 14.2 Å². The predicted octanol–water partition coefficient (Wildman–Crippen LogP) is 1.87. The molecule has 2 unspecified atom stereocenters. The summed E-state index contributed by atoms with van der Waals surface area (Å²) in [6.45, 7) is 0. The Morgan fingerprint density at radius 1 is 0.913 bits per heavy atom. The summed E-state index contributed by atoms with van der Waals surface area (Å²) < 4.78 is 9.68. The Hall–Kier alpha value is -2.24. The molecule has 0 saturated heterocycles. The highest BCUT2D eigenvalue weighted by Crippen LogP contribution is 2.74. The summed E-state index contributed by atoms with van der Waals surface area (Å²) in [6, 6.07) is 0. The van der Waals surface area contributed by atoms with Crippen molar-refractivity contribution in [2.75, 3.05) is 14.2 Å². The van der Waals surface area contributed by atoms with Gasteiger partial charge in [-0.25, -0.2) is 9.59 Å². The van der Waals surface area contributed by atoms with Gasteiger partial charge in [-0.2, -0.15) is 0 Å². The lowest BCUT2D eigenvalue weighted by Crippen LogP contribution is -2.31. The summed E-state index contributed by atoms with van der Waals surface area (Å²) in [5.41, 5.74) is 2.51. The lowest BCUT2D eigenvalue weighted by Gasteiger charge is -2.34. The molecule has 1 aromatic heterocycles. The first-order valence-electron chi connectivity index (χ1n) is 7.76. The van der Waals surface area contributed by atoms with E-state index < -0.39 is 11.9 Å². The van der Waals surface area contributed by atoms with Crippen molar-refractivity contribution in [2.45, 2.75) is 32.1 Å². The molecule has 1 saturated carbocycles. The second-order valence-electron chi connectivity index (χ2n) is 6.81. The molecule has 0 amide bonds. The highest BCUT2D eigenvalue weighted by molar-refractivity contribution is 5.93. The first-order chi connectivity index (χ1) is 11.1. The number of esters is 2. The van der Waals surface area contributed by atoms with E-state index in [-0.39, 0.29) is 22.2 Å². The first kappa shape index (κ1) is 14.4. The molecule has 1 heterocycles. The van der Waals surface area contributed by atoms with Crippen LogP contribution in [-0.2, 0) is 22.3 Å². The minimum absolute atomic E-state index is 0.202. The number of methoxy groups -OCH3 is 2. The van der Waals surface area contributed by atoms with Crippen LogP contribution in [0, 0.1) is 10.8 Å². The first-order valence-corrected chi connectivity index (χ1v) is 7.76. The molecule has 0 aromatic carbocycles. The van der Waals surface area contributed by atoms with Gasteiger partial charge in [-0.15, -0.1) is 10.2 Å². The lowest BCUT2D eigenvalue weighted by atomic mass is 9.70. The van der Waals surface area contributed by atoms with Gasteiger partial charge in [-0.1, -0.05) is 12.2 Å². The van der Waals surface area contributed by atoms with E-state index in [4.69, 9.17) is 9.47 Å². The van der Waals surface area contributed by atoms with Gasteiger partial charge in [-0.05, 0) is 54.1 Å². The van der Waals surface area contributed by atoms with Crippen LogP contribution in [0.4, 0.5) is 0 Å². The van der Waals surface area contributed by atoms with Crippen molar-refractivity contribution in [2.24, 2.45) is 10.8 Å². The summed E-state index contributed by atoms with van der Waals surface area (Å²) in [5.74, 6) is -0.998. The summed E-state index contributed by atoms with van der Waals surface area (Å²) in [6.07, 6.45) is 9.09.